The van der Waals surface area contributed by atoms with Gasteiger partial charge in [0.05, 0.1) is 6.61 Å². The van der Waals surface area contributed by atoms with Crippen molar-refractivity contribution in [3.8, 4) is 0 Å². The first-order valence-corrected chi connectivity index (χ1v) is 7.19. The number of rotatable bonds is 4. The number of amides is 1. The molecule has 0 spiro atoms. The van der Waals surface area contributed by atoms with Gasteiger partial charge in [0, 0.05) is 13.0 Å². The van der Waals surface area contributed by atoms with E-state index in [0.29, 0.717) is 0 Å². The molecule has 0 N–H and O–H groups in total. The van der Waals surface area contributed by atoms with Crippen LogP contribution in [0.15, 0.2) is 30.3 Å². The maximum atomic E-state index is 12.2. The monoisotopic (exact) mass is 305 g/mol. The minimum atomic E-state index is -1.59. The highest BCUT2D eigenvalue weighted by Gasteiger charge is 2.54. The summed E-state index contributed by atoms with van der Waals surface area (Å²) in [6.45, 7) is 3.45. The van der Waals surface area contributed by atoms with Crippen LogP contribution in [0.5, 0.6) is 0 Å². The fourth-order valence-corrected chi connectivity index (χ4v) is 2.40. The molecule has 0 aliphatic carbocycles. The molecule has 118 valence electrons. The molecule has 1 saturated heterocycles. The SMILES string of the molecule is CCOC(=O)C1(C)C(=O)CCN1C(=O)OCc1ccccc1. The lowest BCUT2D eigenvalue weighted by atomic mass is 9.98. The molecule has 1 fully saturated rings. The van der Waals surface area contributed by atoms with Crippen molar-refractivity contribution in [1.82, 2.24) is 4.90 Å². The minimum absolute atomic E-state index is 0.0866. The third-order valence-electron chi connectivity index (χ3n) is 3.74. The Labute approximate surface area is 129 Å². The molecule has 1 aliphatic heterocycles. The van der Waals surface area contributed by atoms with Gasteiger partial charge < -0.3 is 9.47 Å². The maximum absolute atomic E-state index is 12.2. The van der Waals surface area contributed by atoms with Gasteiger partial charge in [-0.2, -0.15) is 0 Å². The van der Waals surface area contributed by atoms with Crippen LogP contribution in [0, 0.1) is 0 Å². The van der Waals surface area contributed by atoms with Gasteiger partial charge in [-0.1, -0.05) is 30.3 Å². The number of ketones is 1. The van der Waals surface area contributed by atoms with Crippen LogP contribution in [0.4, 0.5) is 4.79 Å². The van der Waals surface area contributed by atoms with Crippen molar-refractivity contribution in [3.63, 3.8) is 0 Å². The quantitative estimate of drug-likeness (QED) is 0.627. The zero-order valence-corrected chi connectivity index (χ0v) is 12.7. The largest absolute Gasteiger partial charge is 0.464 e. The van der Waals surface area contributed by atoms with E-state index in [4.69, 9.17) is 9.47 Å². The van der Waals surface area contributed by atoms with E-state index < -0.39 is 17.6 Å². The second kappa shape index (κ2) is 6.60. The van der Waals surface area contributed by atoms with E-state index in [0.717, 1.165) is 10.5 Å². The number of ether oxygens (including phenoxy) is 2. The molecule has 0 radical (unpaired) electrons. The lowest BCUT2D eigenvalue weighted by Crippen LogP contribution is -2.55. The van der Waals surface area contributed by atoms with Crippen LogP contribution in [0.2, 0.25) is 0 Å². The van der Waals surface area contributed by atoms with Crippen molar-refractivity contribution < 1.29 is 23.9 Å². The standard InChI is InChI=1S/C16H19NO5/c1-3-21-14(19)16(2)13(18)9-10-17(16)15(20)22-11-12-7-5-4-6-8-12/h4-8H,3,9-11H2,1-2H3. The van der Waals surface area contributed by atoms with Crippen LogP contribution in [-0.4, -0.2) is 41.4 Å². The fraction of sp³-hybridized carbons (Fsp3) is 0.438. The Kier molecular flexibility index (Phi) is 4.80. The van der Waals surface area contributed by atoms with E-state index >= 15 is 0 Å². The van der Waals surface area contributed by atoms with Gasteiger partial charge in [0.25, 0.3) is 0 Å². The highest BCUT2D eigenvalue weighted by atomic mass is 16.6. The average molecular weight is 305 g/mol. The van der Waals surface area contributed by atoms with Crippen molar-refractivity contribution in [3.05, 3.63) is 35.9 Å². The van der Waals surface area contributed by atoms with Gasteiger partial charge in [-0.3, -0.25) is 9.69 Å². The number of hydrogen-bond donors (Lipinski definition) is 0. The number of hydrogen-bond acceptors (Lipinski definition) is 5. The van der Waals surface area contributed by atoms with E-state index in [2.05, 4.69) is 0 Å². The number of nitrogens with zero attached hydrogens (tertiary/aromatic N) is 1. The smallest absolute Gasteiger partial charge is 0.411 e. The molecular formula is C16H19NO5. The van der Waals surface area contributed by atoms with E-state index in [1.165, 1.54) is 6.92 Å². The Morgan fingerprint density at radius 2 is 1.91 bits per heavy atom. The van der Waals surface area contributed by atoms with Crippen LogP contribution < -0.4 is 0 Å². The molecule has 1 atom stereocenters. The molecule has 1 amide bonds. The third-order valence-corrected chi connectivity index (χ3v) is 3.74. The molecule has 1 unspecified atom stereocenters. The van der Waals surface area contributed by atoms with Gasteiger partial charge in [-0.15, -0.1) is 0 Å². The summed E-state index contributed by atoms with van der Waals surface area (Å²) >= 11 is 0. The summed E-state index contributed by atoms with van der Waals surface area (Å²) in [7, 11) is 0. The average Bonchev–Trinajstić information content (AvgIpc) is 2.83. The number of carbonyl (C=O) groups is 3. The summed E-state index contributed by atoms with van der Waals surface area (Å²) in [6.07, 6.45) is -0.569. The number of likely N-dealkylation sites (tertiary alicyclic amines) is 1. The van der Waals surface area contributed by atoms with Crippen LogP contribution in [0.1, 0.15) is 25.8 Å². The first-order valence-electron chi connectivity index (χ1n) is 7.19. The molecule has 0 aromatic heterocycles. The van der Waals surface area contributed by atoms with Gasteiger partial charge in [0.1, 0.15) is 6.61 Å². The second-order valence-electron chi connectivity index (χ2n) is 5.16. The van der Waals surface area contributed by atoms with E-state index in [9.17, 15) is 14.4 Å². The topological polar surface area (TPSA) is 72.9 Å². The first kappa shape index (κ1) is 16.0. The van der Waals surface area contributed by atoms with Gasteiger partial charge in [-0.25, -0.2) is 9.59 Å². The molecule has 1 aliphatic rings. The van der Waals surface area contributed by atoms with Gasteiger partial charge in [0.2, 0.25) is 0 Å². The predicted molar refractivity (Wildman–Crippen MR) is 78.0 cm³/mol. The van der Waals surface area contributed by atoms with Crippen LogP contribution in [0.25, 0.3) is 0 Å². The summed E-state index contributed by atoms with van der Waals surface area (Å²) in [5, 5.41) is 0. The summed E-state index contributed by atoms with van der Waals surface area (Å²) in [5.41, 5.74) is -0.761. The van der Waals surface area contributed by atoms with Crippen molar-refractivity contribution in [1.29, 1.82) is 0 Å². The lowest BCUT2D eigenvalue weighted by Gasteiger charge is -2.30. The Hall–Kier alpha value is -2.37. The van der Waals surface area contributed by atoms with Gasteiger partial charge in [0.15, 0.2) is 11.3 Å². The zero-order chi connectivity index (χ0) is 16.2. The molecule has 1 heterocycles. The minimum Gasteiger partial charge on any atom is -0.464 e. The fourth-order valence-electron chi connectivity index (χ4n) is 2.40. The Morgan fingerprint density at radius 3 is 2.55 bits per heavy atom. The van der Waals surface area contributed by atoms with Crippen LogP contribution in [0.3, 0.4) is 0 Å². The predicted octanol–water partition coefficient (Wildman–Crippen LogP) is 1.92. The zero-order valence-electron chi connectivity index (χ0n) is 12.7. The molecule has 0 bridgehead atoms. The van der Waals surface area contributed by atoms with Crippen molar-refractivity contribution >= 4 is 17.8 Å². The maximum Gasteiger partial charge on any atom is 0.411 e. The Balaban J connectivity index is 2.07. The number of carbonyl (C=O) groups excluding carboxylic acids is 3. The number of benzene rings is 1. The molecule has 6 heteroatoms. The highest BCUT2D eigenvalue weighted by molar-refractivity contribution is 6.11. The van der Waals surface area contributed by atoms with Gasteiger partial charge in [-0.05, 0) is 19.4 Å². The normalized spacial score (nSPS) is 20.8. The summed E-state index contributed by atoms with van der Waals surface area (Å²) < 4.78 is 10.1. The molecule has 2 rings (SSSR count). The van der Waals surface area contributed by atoms with E-state index in [1.54, 1.807) is 6.92 Å². The van der Waals surface area contributed by atoms with Crippen LogP contribution in [-0.2, 0) is 25.7 Å². The Bertz CT molecular complexity index is 571. The van der Waals surface area contributed by atoms with Gasteiger partial charge >= 0.3 is 12.1 Å². The lowest BCUT2D eigenvalue weighted by molar-refractivity contribution is -0.157. The third kappa shape index (κ3) is 2.95. The first-order chi connectivity index (χ1) is 10.5. The Morgan fingerprint density at radius 1 is 1.23 bits per heavy atom. The second-order valence-corrected chi connectivity index (χ2v) is 5.16. The van der Waals surface area contributed by atoms with E-state index in [-0.39, 0.29) is 32.0 Å². The molecule has 6 nitrogen and oxygen atoms in total. The van der Waals surface area contributed by atoms with Crippen molar-refractivity contribution in [2.45, 2.75) is 32.4 Å². The summed E-state index contributed by atoms with van der Waals surface area (Å²) in [4.78, 5) is 37.5. The highest BCUT2D eigenvalue weighted by Crippen LogP contribution is 2.28. The number of Topliss-reactive ketones (excluding diaryl/α,β-unsaturated/α-hetero) is 1. The molecule has 1 aromatic carbocycles. The molecular weight excluding hydrogens is 286 g/mol. The molecule has 22 heavy (non-hydrogen) atoms. The van der Waals surface area contributed by atoms with Crippen molar-refractivity contribution in [2.75, 3.05) is 13.2 Å². The number of esters is 1. The summed E-state index contributed by atoms with van der Waals surface area (Å²) in [5.74, 6) is -1.04. The van der Waals surface area contributed by atoms with Crippen LogP contribution >= 0.6 is 0 Å². The summed E-state index contributed by atoms with van der Waals surface area (Å²) in [6, 6.07) is 9.19. The molecule has 0 saturated carbocycles. The van der Waals surface area contributed by atoms with E-state index in [1.807, 2.05) is 30.3 Å². The van der Waals surface area contributed by atoms with Crippen molar-refractivity contribution in [2.24, 2.45) is 0 Å². The molecule has 1 aromatic rings.